The predicted molar refractivity (Wildman–Crippen MR) is 74.0 cm³/mol. The van der Waals surface area contributed by atoms with Crippen LogP contribution in [0.4, 0.5) is 0 Å². The second kappa shape index (κ2) is 5.85. The van der Waals surface area contributed by atoms with Gasteiger partial charge in [0.05, 0.1) is 0 Å². The van der Waals surface area contributed by atoms with E-state index in [9.17, 15) is 4.79 Å². The lowest BCUT2D eigenvalue weighted by Gasteiger charge is -2.36. The molecule has 1 aliphatic rings. The van der Waals surface area contributed by atoms with Gasteiger partial charge in [0.25, 0.3) is 0 Å². The van der Waals surface area contributed by atoms with Crippen LogP contribution in [0.5, 0.6) is 0 Å². The number of likely N-dealkylation sites (tertiary alicyclic amines) is 1. The Labute approximate surface area is 112 Å². The first-order valence-electron chi connectivity index (χ1n) is 6.58. The van der Waals surface area contributed by atoms with Crippen molar-refractivity contribution in [1.29, 1.82) is 0 Å². The van der Waals surface area contributed by atoms with E-state index in [1.54, 1.807) is 0 Å². The first-order chi connectivity index (χ1) is 8.56. The van der Waals surface area contributed by atoms with Crippen LogP contribution < -0.4 is 0 Å². The molecule has 0 aliphatic carbocycles. The summed E-state index contributed by atoms with van der Waals surface area (Å²) >= 11 is 1.85. The molecule has 3 nitrogen and oxygen atoms in total. The molecule has 0 bridgehead atoms. The molecule has 1 saturated heterocycles. The Bertz CT molecular complexity index is 416. The molecule has 1 fully saturated rings. The number of thiophene rings is 1. The number of carboxylic acids is 1. The third kappa shape index (κ3) is 3.33. The van der Waals surface area contributed by atoms with Crippen LogP contribution in [0.15, 0.2) is 12.1 Å². The summed E-state index contributed by atoms with van der Waals surface area (Å²) in [5.41, 5.74) is 0. The lowest BCUT2D eigenvalue weighted by atomic mass is 9.94. The number of carbonyl (C=O) groups is 1. The third-order valence-corrected chi connectivity index (χ3v) is 4.91. The fourth-order valence-electron chi connectivity index (χ4n) is 2.72. The van der Waals surface area contributed by atoms with Gasteiger partial charge in [0.2, 0.25) is 0 Å². The number of aliphatic carboxylic acids is 1. The van der Waals surface area contributed by atoms with Crippen molar-refractivity contribution in [3.05, 3.63) is 21.9 Å². The van der Waals surface area contributed by atoms with E-state index in [-0.39, 0.29) is 0 Å². The van der Waals surface area contributed by atoms with E-state index < -0.39 is 5.97 Å². The molecule has 0 amide bonds. The SMILES string of the molecule is Cc1ccc(C(C)N2CCCC(CC(=O)O)C2)s1. The van der Waals surface area contributed by atoms with Gasteiger partial charge >= 0.3 is 5.97 Å². The normalized spacial score (nSPS) is 22.9. The number of piperidine rings is 1. The van der Waals surface area contributed by atoms with E-state index in [0.29, 0.717) is 18.4 Å². The van der Waals surface area contributed by atoms with Crippen molar-refractivity contribution in [3.8, 4) is 0 Å². The first-order valence-corrected chi connectivity index (χ1v) is 7.40. The molecule has 0 saturated carbocycles. The van der Waals surface area contributed by atoms with Crippen LogP contribution in [0.25, 0.3) is 0 Å². The lowest BCUT2D eigenvalue weighted by molar-refractivity contribution is -0.138. The molecule has 1 aliphatic heterocycles. The topological polar surface area (TPSA) is 40.5 Å². The van der Waals surface area contributed by atoms with E-state index in [1.165, 1.54) is 9.75 Å². The molecule has 1 aromatic heterocycles. The summed E-state index contributed by atoms with van der Waals surface area (Å²) in [7, 11) is 0. The summed E-state index contributed by atoms with van der Waals surface area (Å²) in [5, 5.41) is 8.89. The van der Waals surface area contributed by atoms with Gasteiger partial charge in [-0.25, -0.2) is 0 Å². The molecule has 0 spiro atoms. The van der Waals surface area contributed by atoms with Crippen LogP contribution in [0, 0.1) is 12.8 Å². The molecule has 1 aromatic rings. The number of hydrogen-bond acceptors (Lipinski definition) is 3. The van der Waals surface area contributed by atoms with Gasteiger partial charge in [-0.3, -0.25) is 9.69 Å². The Morgan fingerprint density at radius 2 is 2.39 bits per heavy atom. The Kier molecular flexibility index (Phi) is 4.40. The molecule has 1 N–H and O–H groups in total. The molecule has 0 radical (unpaired) electrons. The molecular weight excluding hydrogens is 246 g/mol. The standard InChI is InChI=1S/C14H21NO2S/c1-10-5-6-13(18-10)11(2)15-7-3-4-12(9-15)8-14(16)17/h5-6,11-12H,3-4,7-9H2,1-2H3,(H,16,17). The zero-order chi connectivity index (χ0) is 13.1. The van der Waals surface area contributed by atoms with Crippen LogP contribution >= 0.6 is 11.3 Å². The molecule has 18 heavy (non-hydrogen) atoms. The summed E-state index contributed by atoms with van der Waals surface area (Å²) in [4.78, 5) is 16.0. The van der Waals surface area contributed by atoms with Gasteiger partial charge in [-0.05, 0) is 51.3 Å². The predicted octanol–water partition coefficient (Wildman–Crippen LogP) is 3.30. The highest BCUT2D eigenvalue weighted by Crippen LogP contribution is 2.31. The fraction of sp³-hybridized carbons (Fsp3) is 0.643. The van der Waals surface area contributed by atoms with Crippen molar-refractivity contribution in [3.63, 3.8) is 0 Å². The van der Waals surface area contributed by atoms with E-state index in [2.05, 4.69) is 30.9 Å². The quantitative estimate of drug-likeness (QED) is 0.910. The van der Waals surface area contributed by atoms with Crippen molar-refractivity contribution < 1.29 is 9.90 Å². The second-order valence-electron chi connectivity index (χ2n) is 5.23. The highest BCUT2D eigenvalue weighted by atomic mass is 32.1. The van der Waals surface area contributed by atoms with E-state index in [1.807, 2.05) is 11.3 Å². The minimum Gasteiger partial charge on any atom is -0.481 e. The molecular formula is C14H21NO2S. The monoisotopic (exact) mass is 267 g/mol. The number of carboxylic acid groups (broad SMARTS) is 1. The zero-order valence-corrected chi connectivity index (χ0v) is 11.9. The minimum absolute atomic E-state index is 0.312. The third-order valence-electron chi connectivity index (χ3n) is 3.73. The summed E-state index contributed by atoms with van der Waals surface area (Å²) in [6.07, 6.45) is 2.48. The van der Waals surface area contributed by atoms with Gasteiger partial charge in [-0.1, -0.05) is 0 Å². The average molecular weight is 267 g/mol. The summed E-state index contributed by atoms with van der Waals surface area (Å²) < 4.78 is 0. The van der Waals surface area contributed by atoms with E-state index >= 15 is 0 Å². The molecule has 0 aromatic carbocycles. The second-order valence-corrected chi connectivity index (χ2v) is 6.54. The van der Waals surface area contributed by atoms with Crippen LogP contribution in [0.2, 0.25) is 0 Å². The van der Waals surface area contributed by atoms with Gasteiger partial charge in [0.15, 0.2) is 0 Å². The van der Waals surface area contributed by atoms with Crippen molar-refractivity contribution in [2.75, 3.05) is 13.1 Å². The summed E-state index contributed by atoms with van der Waals surface area (Å²) in [5.74, 6) is -0.346. The lowest BCUT2D eigenvalue weighted by Crippen LogP contribution is -2.37. The summed E-state index contributed by atoms with van der Waals surface area (Å²) in [6.45, 7) is 6.37. The summed E-state index contributed by atoms with van der Waals surface area (Å²) in [6, 6.07) is 4.78. The maximum Gasteiger partial charge on any atom is 0.303 e. The fourth-order valence-corrected chi connectivity index (χ4v) is 3.68. The van der Waals surface area contributed by atoms with Gasteiger partial charge in [0, 0.05) is 28.8 Å². The van der Waals surface area contributed by atoms with Gasteiger partial charge in [-0.2, -0.15) is 0 Å². The molecule has 2 unspecified atom stereocenters. The highest BCUT2D eigenvalue weighted by molar-refractivity contribution is 7.12. The van der Waals surface area contributed by atoms with Gasteiger partial charge in [-0.15, -0.1) is 11.3 Å². The number of aryl methyl sites for hydroxylation is 1. The molecule has 2 atom stereocenters. The van der Waals surface area contributed by atoms with Crippen molar-refractivity contribution in [2.45, 2.75) is 39.2 Å². The molecule has 2 rings (SSSR count). The Morgan fingerprint density at radius 3 is 3.00 bits per heavy atom. The zero-order valence-electron chi connectivity index (χ0n) is 11.1. The number of nitrogens with zero attached hydrogens (tertiary/aromatic N) is 1. The van der Waals surface area contributed by atoms with Crippen LogP contribution in [0.3, 0.4) is 0 Å². The molecule has 100 valence electrons. The molecule has 4 heteroatoms. The minimum atomic E-state index is -0.665. The number of rotatable bonds is 4. The highest BCUT2D eigenvalue weighted by Gasteiger charge is 2.26. The van der Waals surface area contributed by atoms with Gasteiger partial charge in [0.1, 0.15) is 0 Å². The Morgan fingerprint density at radius 1 is 1.61 bits per heavy atom. The van der Waals surface area contributed by atoms with Crippen molar-refractivity contribution in [1.82, 2.24) is 4.90 Å². The maximum absolute atomic E-state index is 10.8. The molecule has 2 heterocycles. The Balaban J connectivity index is 1.97. The van der Waals surface area contributed by atoms with Gasteiger partial charge < -0.3 is 5.11 Å². The number of hydrogen-bond donors (Lipinski definition) is 1. The van der Waals surface area contributed by atoms with E-state index in [0.717, 1.165) is 25.9 Å². The largest absolute Gasteiger partial charge is 0.481 e. The first kappa shape index (κ1) is 13.6. The average Bonchev–Trinajstić information content (AvgIpc) is 2.74. The van der Waals surface area contributed by atoms with E-state index in [4.69, 9.17) is 5.11 Å². The van der Waals surface area contributed by atoms with Crippen LogP contribution in [0.1, 0.15) is 42.0 Å². The van der Waals surface area contributed by atoms with Crippen LogP contribution in [-0.2, 0) is 4.79 Å². The van der Waals surface area contributed by atoms with Crippen molar-refractivity contribution in [2.24, 2.45) is 5.92 Å². The smallest absolute Gasteiger partial charge is 0.303 e. The maximum atomic E-state index is 10.8. The van der Waals surface area contributed by atoms with Crippen molar-refractivity contribution >= 4 is 17.3 Å². The van der Waals surface area contributed by atoms with Crippen LogP contribution in [-0.4, -0.2) is 29.1 Å². The Hall–Kier alpha value is -0.870.